The minimum absolute atomic E-state index is 0.00235. The Balaban J connectivity index is 1.70. The van der Waals surface area contributed by atoms with Gasteiger partial charge >= 0.3 is 0 Å². The van der Waals surface area contributed by atoms with Gasteiger partial charge in [0.25, 0.3) is 0 Å². The van der Waals surface area contributed by atoms with Crippen LogP contribution in [-0.4, -0.2) is 18.8 Å². The SMILES string of the molecule is CCCCN=C(/C=C/C1=C(CCC)C(=C/C=C2/N(CCCC)c3ccccc3C2(C)C)/CC1)C(C)(C)c1ccccc1C. The van der Waals surface area contributed by atoms with E-state index < -0.39 is 0 Å². The Labute approximate surface area is 263 Å². The molecule has 230 valence electrons. The van der Waals surface area contributed by atoms with Crippen molar-refractivity contribution in [2.75, 3.05) is 18.0 Å². The number of rotatable bonds is 13. The predicted octanol–water partition coefficient (Wildman–Crippen LogP) is 11.4. The molecule has 1 heterocycles. The number of allylic oxidation sites excluding steroid dienone is 8. The van der Waals surface area contributed by atoms with Crippen molar-refractivity contribution in [2.45, 2.75) is 118 Å². The van der Waals surface area contributed by atoms with Crippen LogP contribution in [0.1, 0.15) is 117 Å². The zero-order valence-electron chi connectivity index (χ0n) is 28.4. The van der Waals surface area contributed by atoms with Crippen LogP contribution < -0.4 is 4.90 Å². The highest BCUT2D eigenvalue weighted by molar-refractivity contribution is 6.03. The van der Waals surface area contributed by atoms with Gasteiger partial charge in [-0.25, -0.2) is 0 Å². The number of para-hydroxylation sites is 1. The summed E-state index contributed by atoms with van der Waals surface area (Å²) in [5.74, 6) is 0. The third-order valence-corrected chi connectivity index (χ3v) is 9.61. The highest BCUT2D eigenvalue weighted by Gasteiger charge is 2.39. The van der Waals surface area contributed by atoms with E-state index >= 15 is 0 Å². The minimum Gasteiger partial charge on any atom is -0.344 e. The number of anilines is 1. The molecule has 0 atom stereocenters. The van der Waals surface area contributed by atoms with Crippen molar-refractivity contribution in [1.82, 2.24) is 0 Å². The third kappa shape index (κ3) is 7.17. The molecule has 2 heteroatoms. The summed E-state index contributed by atoms with van der Waals surface area (Å²) in [7, 11) is 0. The summed E-state index contributed by atoms with van der Waals surface area (Å²) < 4.78 is 0. The Bertz CT molecular complexity index is 1410. The predicted molar refractivity (Wildman–Crippen MR) is 190 cm³/mol. The van der Waals surface area contributed by atoms with Crippen LogP contribution in [0.5, 0.6) is 0 Å². The molecule has 0 saturated heterocycles. The standard InChI is InChI=1S/C41H56N2/c1-9-12-29-42-38(40(5,6)35-20-15-14-19-31(35)4)27-25-32-23-24-33(34(32)18-11-3)26-28-39-41(7,8)36-21-16-17-22-37(36)43(39)30-13-10-2/h14-17,19-22,25-28H,9-13,18,23-24,29-30H2,1-8H3/b27-25+,33-26+,39-28+,42-38?. The molecular formula is C41H56N2. The smallest absolute Gasteiger partial charge is 0.0450 e. The molecule has 0 aromatic heterocycles. The van der Waals surface area contributed by atoms with Gasteiger partial charge in [0.1, 0.15) is 0 Å². The van der Waals surface area contributed by atoms with E-state index in [-0.39, 0.29) is 10.8 Å². The maximum atomic E-state index is 5.19. The van der Waals surface area contributed by atoms with E-state index in [1.54, 1.807) is 5.57 Å². The van der Waals surface area contributed by atoms with Gasteiger partial charge in [-0.15, -0.1) is 0 Å². The Morgan fingerprint density at radius 2 is 1.63 bits per heavy atom. The molecule has 0 spiro atoms. The fraction of sp³-hybridized carbons (Fsp3) is 0.488. The first-order chi connectivity index (χ1) is 20.7. The zero-order chi connectivity index (χ0) is 31.0. The Hall–Kier alpha value is -3.13. The summed E-state index contributed by atoms with van der Waals surface area (Å²) in [5, 5.41) is 0. The van der Waals surface area contributed by atoms with Crippen LogP contribution in [0.3, 0.4) is 0 Å². The van der Waals surface area contributed by atoms with Crippen LogP contribution >= 0.6 is 0 Å². The van der Waals surface area contributed by atoms with Crippen molar-refractivity contribution in [2.24, 2.45) is 4.99 Å². The Kier molecular flexibility index (Phi) is 11.1. The molecule has 0 amide bonds. The number of aliphatic imine (C=N–C) groups is 1. The molecule has 1 aliphatic carbocycles. The number of unbranched alkanes of at least 4 members (excludes halogenated alkanes) is 2. The van der Waals surface area contributed by atoms with E-state index in [2.05, 4.69) is 133 Å². The normalized spacial score (nSPS) is 19.0. The van der Waals surface area contributed by atoms with Crippen molar-refractivity contribution in [3.8, 4) is 0 Å². The molecule has 2 aliphatic rings. The van der Waals surface area contributed by atoms with Crippen LogP contribution in [0.2, 0.25) is 0 Å². The fourth-order valence-corrected chi connectivity index (χ4v) is 7.00. The molecule has 4 rings (SSSR count). The molecule has 1 aliphatic heterocycles. The summed E-state index contributed by atoms with van der Waals surface area (Å²) in [4.78, 5) is 7.77. The molecule has 43 heavy (non-hydrogen) atoms. The zero-order valence-corrected chi connectivity index (χ0v) is 28.4. The van der Waals surface area contributed by atoms with Gasteiger partial charge in [0.2, 0.25) is 0 Å². The summed E-state index contributed by atoms with van der Waals surface area (Å²) in [6.07, 6.45) is 18.9. The topological polar surface area (TPSA) is 15.6 Å². The van der Waals surface area contributed by atoms with Gasteiger partial charge in [0.15, 0.2) is 0 Å². The van der Waals surface area contributed by atoms with Crippen molar-refractivity contribution in [1.29, 1.82) is 0 Å². The molecule has 0 unspecified atom stereocenters. The van der Waals surface area contributed by atoms with Crippen molar-refractivity contribution in [3.63, 3.8) is 0 Å². The lowest BCUT2D eigenvalue weighted by Crippen LogP contribution is -2.29. The number of hydrogen-bond acceptors (Lipinski definition) is 2. The molecule has 0 fully saturated rings. The van der Waals surface area contributed by atoms with Gasteiger partial charge in [0, 0.05) is 41.0 Å². The number of hydrogen-bond donors (Lipinski definition) is 0. The lowest BCUT2D eigenvalue weighted by molar-refractivity contribution is 0.624. The maximum Gasteiger partial charge on any atom is 0.0450 e. The number of benzene rings is 2. The maximum absolute atomic E-state index is 5.19. The quantitative estimate of drug-likeness (QED) is 0.171. The van der Waals surface area contributed by atoms with Gasteiger partial charge in [-0.05, 0) is 90.7 Å². The summed E-state index contributed by atoms with van der Waals surface area (Å²) in [5.41, 5.74) is 12.6. The third-order valence-electron chi connectivity index (χ3n) is 9.61. The summed E-state index contributed by atoms with van der Waals surface area (Å²) in [6.45, 7) is 20.5. The minimum atomic E-state index is -0.145. The second-order valence-corrected chi connectivity index (χ2v) is 13.5. The summed E-state index contributed by atoms with van der Waals surface area (Å²) in [6, 6.07) is 17.8. The Morgan fingerprint density at radius 3 is 2.35 bits per heavy atom. The molecule has 0 bridgehead atoms. The van der Waals surface area contributed by atoms with E-state index in [4.69, 9.17) is 4.99 Å². The average molecular weight is 577 g/mol. The van der Waals surface area contributed by atoms with Crippen LogP contribution in [-0.2, 0) is 10.8 Å². The molecule has 2 aromatic carbocycles. The number of aryl methyl sites for hydroxylation is 1. The van der Waals surface area contributed by atoms with Gasteiger partial charge < -0.3 is 4.90 Å². The molecule has 2 nitrogen and oxygen atoms in total. The first kappa shape index (κ1) is 32.8. The van der Waals surface area contributed by atoms with E-state index in [0.717, 1.165) is 45.2 Å². The van der Waals surface area contributed by atoms with Crippen molar-refractivity contribution >= 4 is 11.4 Å². The second kappa shape index (κ2) is 14.6. The van der Waals surface area contributed by atoms with Gasteiger partial charge in [0.05, 0.1) is 0 Å². The monoisotopic (exact) mass is 576 g/mol. The number of fused-ring (bicyclic) bond motifs is 1. The molecule has 0 radical (unpaired) electrons. The first-order valence-corrected chi connectivity index (χ1v) is 17.0. The summed E-state index contributed by atoms with van der Waals surface area (Å²) >= 11 is 0. The number of nitrogens with zero attached hydrogens (tertiary/aromatic N) is 2. The van der Waals surface area contributed by atoms with Gasteiger partial charge in [-0.2, -0.15) is 0 Å². The fourth-order valence-electron chi connectivity index (χ4n) is 7.00. The van der Waals surface area contributed by atoms with E-state index in [1.165, 1.54) is 64.2 Å². The van der Waals surface area contributed by atoms with Crippen LogP contribution in [0, 0.1) is 6.92 Å². The molecule has 2 aromatic rings. The second-order valence-electron chi connectivity index (χ2n) is 13.5. The van der Waals surface area contributed by atoms with Crippen LogP contribution in [0.4, 0.5) is 5.69 Å². The van der Waals surface area contributed by atoms with E-state index in [9.17, 15) is 0 Å². The largest absolute Gasteiger partial charge is 0.344 e. The molecule has 0 N–H and O–H groups in total. The molecular weight excluding hydrogens is 520 g/mol. The van der Waals surface area contributed by atoms with Gasteiger partial charge in [-0.1, -0.05) is 122 Å². The highest BCUT2D eigenvalue weighted by atomic mass is 15.2. The molecule has 0 saturated carbocycles. The first-order valence-electron chi connectivity index (χ1n) is 17.0. The van der Waals surface area contributed by atoms with E-state index in [1.807, 2.05) is 0 Å². The van der Waals surface area contributed by atoms with Crippen molar-refractivity contribution < 1.29 is 0 Å². The Morgan fingerprint density at radius 1 is 0.907 bits per heavy atom. The van der Waals surface area contributed by atoms with Gasteiger partial charge in [-0.3, -0.25) is 4.99 Å². The lowest BCUT2D eigenvalue weighted by atomic mass is 9.77. The van der Waals surface area contributed by atoms with Crippen LogP contribution in [0.25, 0.3) is 0 Å². The highest BCUT2D eigenvalue weighted by Crippen LogP contribution is 2.48. The van der Waals surface area contributed by atoms with E-state index in [0.29, 0.717) is 0 Å². The van der Waals surface area contributed by atoms with Crippen molar-refractivity contribution in [3.05, 3.63) is 112 Å². The van der Waals surface area contributed by atoms with Crippen LogP contribution in [0.15, 0.2) is 100 Å². The lowest BCUT2D eigenvalue weighted by Gasteiger charge is -2.28. The average Bonchev–Trinajstić information content (AvgIpc) is 3.47.